The van der Waals surface area contributed by atoms with Gasteiger partial charge in [-0.15, -0.1) is 0 Å². The van der Waals surface area contributed by atoms with Crippen molar-refractivity contribution < 1.29 is 4.79 Å². The lowest BCUT2D eigenvalue weighted by atomic mass is 9.93. The van der Waals surface area contributed by atoms with Crippen molar-refractivity contribution in [1.29, 1.82) is 0 Å². The van der Waals surface area contributed by atoms with Crippen molar-refractivity contribution in [3.05, 3.63) is 59.8 Å². The number of allylic oxidation sites excluding steroid dienone is 2. The highest BCUT2D eigenvalue weighted by atomic mass is 16.1. The molecule has 0 N–H and O–H groups in total. The number of hydrogen-bond acceptors (Lipinski definition) is 2. The van der Waals surface area contributed by atoms with Crippen LogP contribution in [-0.4, -0.2) is 19.9 Å². The Labute approximate surface area is 128 Å². The van der Waals surface area contributed by atoms with Gasteiger partial charge in [-0.2, -0.15) is 0 Å². The first-order valence-corrected chi connectivity index (χ1v) is 7.44. The Morgan fingerprint density at radius 3 is 2.86 bits per heavy atom. The lowest BCUT2D eigenvalue weighted by molar-refractivity contribution is 0.0995. The van der Waals surface area contributed by atoms with Gasteiger partial charge in [-0.05, 0) is 18.6 Å². The van der Waals surface area contributed by atoms with Crippen molar-refractivity contribution in [1.82, 2.24) is 14.1 Å². The Bertz CT molecular complexity index is 927. The second-order valence-electron chi connectivity index (χ2n) is 5.76. The second-order valence-corrected chi connectivity index (χ2v) is 5.76. The van der Waals surface area contributed by atoms with E-state index in [0.717, 1.165) is 34.5 Å². The highest BCUT2D eigenvalue weighted by Gasteiger charge is 2.26. The topological polar surface area (TPSA) is 39.8 Å². The van der Waals surface area contributed by atoms with Gasteiger partial charge in [0.25, 0.3) is 0 Å². The molecular formula is C18H17N3O. The number of para-hydroxylation sites is 1. The number of nitrogens with zero attached hydrogens (tertiary/aromatic N) is 3. The fourth-order valence-electron chi connectivity index (χ4n) is 3.36. The number of aromatic nitrogens is 3. The van der Waals surface area contributed by atoms with Crippen molar-refractivity contribution >= 4 is 22.3 Å². The van der Waals surface area contributed by atoms with Crippen LogP contribution in [0.5, 0.6) is 0 Å². The van der Waals surface area contributed by atoms with Gasteiger partial charge in [0, 0.05) is 36.8 Å². The van der Waals surface area contributed by atoms with Crippen LogP contribution in [0.25, 0.3) is 16.5 Å². The predicted molar refractivity (Wildman–Crippen MR) is 86.8 cm³/mol. The second kappa shape index (κ2) is 4.70. The van der Waals surface area contributed by atoms with Gasteiger partial charge in [0.05, 0.1) is 17.8 Å². The van der Waals surface area contributed by atoms with Crippen molar-refractivity contribution in [3.8, 4) is 0 Å². The van der Waals surface area contributed by atoms with E-state index in [-0.39, 0.29) is 5.78 Å². The molecule has 0 radical (unpaired) electrons. The van der Waals surface area contributed by atoms with Gasteiger partial charge in [-0.25, -0.2) is 4.98 Å². The summed E-state index contributed by atoms with van der Waals surface area (Å²) in [5, 5.41) is 1.05. The molecule has 0 saturated heterocycles. The molecule has 2 aromatic heterocycles. The normalized spacial score (nSPS) is 14.3. The fraction of sp³-hybridized carbons (Fsp3) is 0.222. The van der Waals surface area contributed by atoms with E-state index in [1.54, 1.807) is 0 Å². The molecule has 0 atom stereocenters. The summed E-state index contributed by atoms with van der Waals surface area (Å²) in [6.07, 6.45) is 6.33. The molecule has 0 amide bonds. The molecule has 0 bridgehead atoms. The molecule has 4 nitrogen and oxygen atoms in total. The third-order valence-electron chi connectivity index (χ3n) is 4.49. The average molecular weight is 291 g/mol. The van der Waals surface area contributed by atoms with E-state index >= 15 is 0 Å². The first-order valence-electron chi connectivity index (χ1n) is 7.44. The molecule has 0 fully saturated rings. The molecule has 4 rings (SSSR count). The van der Waals surface area contributed by atoms with Crippen molar-refractivity contribution in [2.45, 2.75) is 19.9 Å². The van der Waals surface area contributed by atoms with Gasteiger partial charge in [0.2, 0.25) is 0 Å². The number of fused-ring (bicyclic) bond motifs is 3. The summed E-state index contributed by atoms with van der Waals surface area (Å²) in [7, 11) is 2.04. The molecule has 0 saturated carbocycles. The van der Waals surface area contributed by atoms with Crippen LogP contribution in [0, 0.1) is 6.92 Å². The van der Waals surface area contributed by atoms with Gasteiger partial charge in [0.15, 0.2) is 5.78 Å². The molecule has 0 unspecified atom stereocenters. The number of carbonyl (C=O) groups is 1. The van der Waals surface area contributed by atoms with Crippen LogP contribution < -0.4 is 0 Å². The minimum atomic E-state index is 0.206. The number of carbonyl (C=O) groups excluding carboxylic acids is 1. The molecule has 1 aromatic carbocycles. The molecule has 4 heteroatoms. The molecule has 1 aliphatic rings. The van der Waals surface area contributed by atoms with Gasteiger partial charge in [-0.3, -0.25) is 4.79 Å². The average Bonchev–Trinajstić information content (AvgIpc) is 3.06. The Kier molecular flexibility index (Phi) is 2.79. The smallest absolute Gasteiger partial charge is 0.169 e. The maximum Gasteiger partial charge on any atom is 0.169 e. The molecule has 22 heavy (non-hydrogen) atoms. The van der Waals surface area contributed by atoms with Crippen LogP contribution in [0.4, 0.5) is 0 Å². The lowest BCUT2D eigenvalue weighted by Gasteiger charge is -2.17. The Morgan fingerprint density at radius 2 is 2.09 bits per heavy atom. The first-order chi connectivity index (χ1) is 10.7. The molecule has 0 spiro atoms. The quantitative estimate of drug-likeness (QED) is 0.726. The molecule has 110 valence electrons. The fourth-order valence-corrected chi connectivity index (χ4v) is 3.36. The number of hydrogen-bond donors (Lipinski definition) is 0. The molecule has 1 aliphatic carbocycles. The van der Waals surface area contributed by atoms with E-state index in [1.165, 1.54) is 5.57 Å². The highest BCUT2D eigenvalue weighted by molar-refractivity contribution is 6.14. The van der Waals surface area contributed by atoms with Gasteiger partial charge in [0.1, 0.15) is 5.82 Å². The number of rotatable bonds is 2. The summed E-state index contributed by atoms with van der Waals surface area (Å²) in [6.45, 7) is 2.74. The largest absolute Gasteiger partial charge is 0.343 e. The zero-order valence-corrected chi connectivity index (χ0v) is 12.7. The van der Waals surface area contributed by atoms with Crippen LogP contribution in [0.2, 0.25) is 0 Å². The monoisotopic (exact) mass is 291 g/mol. The summed E-state index contributed by atoms with van der Waals surface area (Å²) in [5.41, 5.74) is 4.21. The summed E-state index contributed by atoms with van der Waals surface area (Å²) in [5.74, 6) is 1.19. The van der Waals surface area contributed by atoms with Crippen molar-refractivity contribution in [2.75, 3.05) is 0 Å². The predicted octanol–water partition coefficient (Wildman–Crippen LogP) is 3.35. The number of benzene rings is 1. The standard InChI is InChI=1S/C18H17N3O/c1-12-19-9-10-21(12)11-13-7-8-16(22)17-14-5-3-4-6-15(14)20(2)18(13)17/h3-7,9-10H,8,11H2,1-2H3. The van der Waals surface area contributed by atoms with E-state index in [2.05, 4.69) is 26.3 Å². The third-order valence-corrected chi connectivity index (χ3v) is 4.49. The maximum atomic E-state index is 12.5. The van der Waals surface area contributed by atoms with Crippen LogP contribution in [0.1, 0.15) is 28.3 Å². The minimum absolute atomic E-state index is 0.206. The Hall–Kier alpha value is -2.62. The summed E-state index contributed by atoms with van der Waals surface area (Å²) in [6, 6.07) is 8.12. The molecule has 0 aliphatic heterocycles. The summed E-state index contributed by atoms with van der Waals surface area (Å²) < 4.78 is 4.25. The van der Waals surface area contributed by atoms with Crippen LogP contribution in [0.15, 0.2) is 42.7 Å². The molecule has 3 aromatic rings. The van der Waals surface area contributed by atoms with Crippen molar-refractivity contribution in [2.24, 2.45) is 7.05 Å². The number of aryl methyl sites for hydroxylation is 2. The minimum Gasteiger partial charge on any atom is -0.343 e. The number of Topliss-reactive ketones (excluding diaryl/α,β-unsaturated/α-hetero) is 1. The van der Waals surface area contributed by atoms with E-state index in [1.807, 2.05) is 44.6 Å². The highest BCUT2D eigenvalue weighted by Crippen LogP contribution is 2.35. The van der Waals surface area contributed by atoms with Crippen molar-refractivity contribution in [3.63, 3.8) is 0 Å². The van der Waals surface area contributed by atoms with Crippen LogP contribution in [-0.2, 0) is 13.6 Å². The van der Waals surface area contributed by atoms with Gasteiger partial charge >= 0.3 is 0 Å². The summed E-state index contributed by atoms with van der Waals surface area (Å²) in [4.78, 5) is 16.7. The zero-order chi connectivity index (χ0) is 15.3. The van der Waals surface area contributed by atoms with E-state index in [4.69, 9.17) is 0 Å². The zero-order valence-electron chi connectivity index (χ0n) is 12.7. The van der Waals surface area contributed by atoms with E-state index in [0.29, 0.717) is 6.42 Å². The Morgan fingerprint density at radius 1 is 1.27 bits per heavy atom. The van der Waals surface area contributed by atoms with Crippen LogP contribution >= 0.6 is 0 Å². The van der Waals surface area contributed by atoms with Gasteiger partial charge < -0.3 is 9.13 Å². The third kappa shape index (κ3) is 1.77. The molecular weight excluding hydrogens is 274 g/mol. The first kappa shape index (κ1) is 13.1. The van der Waals surface area contributed by atoms with E-state index in [9.17, 15) is 4.79 Å². The SMILES string of the molecule is Cc1nccn1CC1=CCC(=O)c2c1n(C)c1ccccc21. The van der Waals surface area contributed by atoms with Gasteiger partial charge in [-0.1, -0.05) is 24.3 Å². The molecule has 2 heterocycles. The van der Waals surface area contributed by atoms with Crippen LogP contribution in [0.3, 0.4) is 0 Å². The van der Waals surface area contributed by atoms with E-state index < -0.39 is 0 Å². The summed E-state index contributed by atoms with van der Waals surface area (Å²) >= 11 is 0. The Balaban J connectivity index is 1.92. The maximum absolute atomic E-state index is 12.5. The number of ketones is 1. The number of imidazole rings is 1. The lowest BCUT2D eigenvalue weighted by Crippen LogP contribution is -2.13.